The zero-order valence-electron chi connectivity index (χ0n) is 5.64. The summed E-state index contributed by atoms with van der Waals surface area (Å²) in [6.07, 6.45) is 1.07. The Morgan fingerprint density at radius 3 is 2.92 bits per heavy atom. The predicted molar refractivity (Wildman–Crippen MR) is 41.6 cm³/mol. The van der Waals surface area contributed by atoms with Crippen LogP contribution in [0.3, 0.4) is 0 Å². The maximum absolute atomic E-state index is 12.9. The Labute approximate surface area is 74.3 Å². The van der Waals surface area contributed by atoms with Crippen molar-refractivity contribution in [2.24, 2.45) is 0 Å². The van der Waals surface area contributed by atoms with Crippen molar-refractivity contribution in [3.63, 3.8) is 0 Å². The second kappa shape index (κ2) is 2.52. The molecule has 2 aromatic rings. The largest absolute Gasteiger partial charge is 0.442 e. The molecule has 0 bridgehead atoms. The third-order valence-corrected chi connectivity index (χ3v) is 2.04. The second-order valence-corrected chi connectivity index (χ2v) is 3.04. The number of aromatic nitrogens is 1. The summed E-state index contributed by atoms with van der Waals surface area (Å²) < 4.78 is 30.8. The van der Waals surface area contributed by atoms with E-state index in [0.29, 0.717) is 4.47 Å². The van der Waals surface area contributed by atoms with E-state index in [2.05, 4.69) is 20.9 Å². The van der Waals surface area contributed by atoms with E-state index in [1.165, 1.54) is 0 Å². The molecule has 1 heterocycles. The van der Waals surface area contributed by atoms with Crippen molar-refractivity contribution < 1.29 is 13.2 Å². The fourth-order valence-corrected chi connectivity index (χ4v) is 1.41. The van der Waals surface area contributed by atoms with Crippen LogP contribution < -0.4 is 0 Å². The van der Waals surface area contributed by atoms with Crippen molar-refractivity contribution in [1.29, 1.82) is 0 Å². The topological polar surface area (TPSA) is 26.0 Å². The molecule has 0 amide bonds. The van der Waals surface area contributed by atoms with Crippen molar-refractivity contribution in [2.45, 2.75) is 0 Å². The fourth-order valence-electron chi connectivity index (χ4n) is 0.925. The molecule has 0 radical (unpaired) electrons. The summed E-state index contributed by atoms with van der Waals surface area (Å²) in [7, 11) is 0. The Kier molecular flexibility index (Phi) is 1.61. The molecule has 62 valence electrons. The molecule has 1 aromatic heterocycles. The molecule has 2 rings (SSSR count). The molecular formula is C7H2BrF2NO. The Hall–Kier alpha value is -0.970. The molecule has 0 aliphatic carbocycles. The Bertz CT molecular complexity index is 440. The lowest BCUT2D eigenvalue weighted by Gasteiger charge is -1.94. The summed E-state index contributed by atoms with van der Waals surface area (Å²) in [5, 5.41) is 0. The first kappa shape index (κ1) is 7.67. The first-order valence-corrected chi connectivity index (χ1v) is 3.86. The highest BCUT2D eigenvalue weighted by molar-refractivity contribution is 9.10. The van der Waals surface area contributed by atoms with Gasteiger partial charge in [0.15, 0.2) is 23.6 Å². The van der Waals surface area contributed by atoms with Gasteiger partial charge in [0.25, 0.3) is 0 Å². The third-order valence-electron chi connectivity index (χ3n) is 1.46. The number of benzene rings is 1. The Morgan fingerprint density at radius 1 is 1.42 bits per heavy atom. The minimum absolute atomic E-state index is 0.0955. The quantitative estimate of drug-likeness (QED) is 0.655. The predicted octanol–water partition coefficient (Wildman–Crippen LogP) is 2.87. The van der Waals surface area contributed by atoms with E-state index in [9.17, 15) is 8.78 Å². The average molecular weight is 234 g/mol. The summed E-state index contributed by atoms with van der Waals surface area (Å²) in [5.74, 6) is -1.93. The molecule has 0 N–H and O–H groups in total. The van der Waals surface area contributed by atoms with Crippen LogP contribution in [-0.2, 0) is 0 Å². The van der Waals surface area contributed by atoms with Crippen LogP contribution in [0.1, 0.15) is 0 Å². The van der Waals surface area contributed by atoms with Gasteiger partial charge in [0.1, 0.15) is 5.52 Å². The monoisotopic (exact) mass is 233 g/mol. The van der Waals surface area contributed by atoms with Gasteiger partial charge >= 0.3 is 0 Å². The van der Waals surface area contributed by atoms with Gasteiger partial charge in [0.2, 0.25) is 0 Å². The minimum Gasteiger partial charge on any atom is -0.442 e. The molecule has 2 nitrogen and oxygen atoms in total. The molecule has 0 fully saturated rings. The van der Waals surface area contributed by atoms with Crippen LogP contribution in [0.15, 0.2) is 21.3 Å². The van der Waals surface area contributed by atoms with Gasteiger partial charge in [-0.05, 0) is 22.0 Å². The molecule has 0 saturated carbocycles. The molecule has 0 aliphatic rings. The van der Waals surface area contributed by atoms with E-state index in [1.54, 1.807) is 0 Å². The van der Waals surface area contributed by atoms with Crippen LogP contribution in [0, 0.1) is 11.6 Å². The normalized spacial score (nSPS) is 10.9. The minimum atomic E-state index is -0.984. The van der Waals surface area contributed by atoms with Crippen molar-refractivity contribution in [2.75, 3.05) is 0 Å². The number of hydrogen-bond donors (Lipinski definition) is 0. The number of rotatable bonds is 0. The molecule has 0 unspecified atom stereocenters. The molecule has 0 atom stereocenters. The molecular weight excluding hydrogens is 232 g/mol. The SMILES string of the molecule is Fc1cc(Br)c2ocnc2c1F. The number of oxazole rings is 1. The Balaban J connectivity index is 2.97. The molecule has 1 aromatic carbocycles. The van der Waals surface area contributed by atoms with E-state index in [0.717, 1.165) is 12.5 Å². The maximum atomic E-state index is 12.9. The molecule has 0 aliphatic heterocycles. The average Bonchev–Trinajstić information content (AvgIpc) is 2.48. The number of fused-ring (bicyclic) bond motifs is 1. The van der Waals surface area contributed by atoms with Crippen molar-refractivity contribution >= 4 is 27.0 Å². The molecule has 12 heavy (non-hydrogen) atoms. The second-order valence-electron chi connectivity index (χ2n) is 2.18. The molecule has 0 spiro atoms. The van der Waals surface area contributed by atoms with Gasteiger partial charge in [-0.15, -0.1) is 0 Å². The smallest absolute Gasteiger partial charge is 0.188 e. The van der Waals surface area contributed by atoms with Gasteiger partial charge in [0, 0.05) is 0 Å². The molecule has 5 heteroatoms. The number of halogens is 3. The van der Waals surface area contributed by atoms with E-state index < -0.39 is 11.6 Å². The van der Waals surface area contributed by atoms with E-state index in [4.69, 9.17) is 4.42 Å². The van der Waals surface area contributed by atoms with Crippen molar-refractivity contribution in [3.05, 3.63) is 28.6 Å². The van der Waals surface area contributed by atoms with Crippen LogP contribution in [0.5, 0.6) is 0 Å². The summed E-state index contributed by atoms with van der Waals surface area (Å²) >= 11 is 3.02. The van der Waals surface area contributed by atoms with Gasteiger partial charge < -0.3 is 4.42 Å². The van der Waals surface area contributed by atoms with Crippen LogP contribution in [0.4, 0.5) is 8.78 Å². The fraction of sp³-hybridized carbons (Fsp3) is 0. The van der Waals surface area contributed by atoms with Crippen LogP contribution in [-0.4, -0.2) is 4.98 Å². The van der Waals surface area contributed by atoms with Gasteiger partial charge in [-0.1, -0.05) is 0 Å². The maximum Gasteiger partial charge on any atom is 0.188 e. The first-order valence-electron chi connectivity index (χ1n) is 3.07. The zero-order chi connectivity index (χ0) is 8.72. The third kappa shape index (κ3) is 0.929. The van der Waals surface area contributed by atoms with Gasteiger partial charge in [-0.25, -0.2) is 13.8 Å². The summed E-state index contributed by atoms with van der Waals surface area (Å²) in [6, 6.07) is 1.00. The lowest BCUT2D eigenvalue weighted by molar-refractivity contribution is 0.514. The lowest BCUT2D eigenvalue weighted by Crippen LogP contribution is -1.85. The lowest BCUT2D eigenvalue weighted by atomic mass is 10.3. The summed E-state index contributed by atoms with van der Waals surface area (Å²) in [5.41, 5.74) is 0.121. The first-order chi connectivity index (χ1) is 5.70. The van der Waals surface area contributed by atoms with Gasteiger partial charge in [-0.2, -0.15) is 0 Å². The van der Waals surface area contributed by atoms with E-state index >= 15 is 0 Å². The van der Waals surface area contributed by atoms with Crippen LogP contribution in [0.25, 0.3) is 11.1 Å². The van der Waals surface area contributed by atoms with Crippen LogP contribution >= 0.6 is 15.9 Å². The molecule has 0 saturated heterocycles. The van der Waals surface area contributed by atoms with Crippen molar-refractivity contribution in [3.8, 4) is 0 Å². The van der Waals surface area contributed by atoms with E-state index in [-0.39, 0.29) is 11.1 Å². The standard InChI is InChI=1S/C7H2BrF2NO/c8-3-1-4(9)5(10)6-7(3)12-2-11-6/h1-2H. The summed E-state index contributed by atoms with van der Waals surface area (Å²) in [6.45, 7) is 0. The van der Waals surface area contributed by atoms with Crippen molar-refractivity contribution in [1.82, 2.24) is 4.98 Å². The Morgan fingerprint density at radius 2 is 2.17 bits per heavy atom. The van der Waals surface area contributed by atoms with E-state index in [1.807, 2.05) is 0 Å². The zero-order valence-corrected chi connectivity index (χ0v) is 7.23. The number of hydrogen-bond acceptors (Lipinski definition) is 2. The number of nitrogens with zero attached hydrogens (tertiary/aromatic N) is 1. The van der Waals surface area contributed by atoms with Crippen LogP contribution in [0.2, 0.25) is 0 Å². The van der Waals surface area contributed by atoms with Gasteiger partial charge in [-0.3, -0.25) is 0 Å². The van der Waals surface area contributed by atoms with Gasteiger partial charge in [0.05, 0.1) is 4.47 Å². The highest BCUT2D eigenvalue weighted by Crippen LogP contribution is 2.26. The highest BCUT2D eigenvalue weighted by Gasteiger charge is 2.13. The highest BCUT2D eigenvalue weighted by atomic mass is 79.9. The summed E-state index contributed by atoms with van der Waals surface area (Å²) in [4.78, 5) is 3.53.